The zero-order valence-corrected chi connectivity index (χ0v) is 25.8. The maximum Gasteiger partial charge on any atom is 0.407 e. The molecule has 2 N–H and O–H groups in total. The molecule has 0 bridgehead atoms. The molecule has 0 aromatic carbocycles. The average molecular weight is 515 g/mol. The fourth-order valence-corrected chi connectivity index (χ4v) is 4.94. The monoisotopic (exact) mass is 514 g/mol. The summed E-state index contributed by atoms with van der Waals surface area (Å²) in [5.74, 6) is -0.673. The average Bonchev–Trinajstić information content (AvgIpc) is 2.61. The van der Waals surface area contributed by atoms with Gasteiger partial charge >= 0.3 is 6.09 Å². The lowest BCUT2D eigenvalue weighted by molar-refractivity contribution is -0.134. The van der Waals surface area contributed by atoms with Gasteiger partial charge in [0.25, 0.3) is 0 Å². The van der Waals surface area contributed by atoms with Gasteiger partial charge in [0.2, 0.25) is 11.8 Å². The van der Waals surface area contributed by atoms with Gasteiger partial charge in [0, 0.05) is 12.3 Å². The second-order valence-corrected chi connectivity index (χ2v) is 17.8. The van der Waals surface area contributed by atoms with Crippen molar-refractivity contribution in [1.82, 2.24) is 10.6 Å². The Morgan fingerprint density at radius 1 is 0.914 bits per heavy atom. The summed E-state index contributed by atoms with van der Waals surface area (Å²) < 4.78 is 12.4. The lowest BCUT2D eigenvalue weighted by atomic mass is 9.85. The predicted octanol–water partition coefficient (Wildman–Crippen LogP) is 6.42. The molecule has 3 amide bonds. The molecule has 7 nitrogen and oxygen atoms in total. The molecule has 0 aliphatic heterocycles. The summed E-state index contributed by atoms with van der Waals surface area (Å²) in [5, 5.41) is 5.59. The van der Waals surface area contributed by atoms with Crippen molar-refractivity contribution < 1.29 is 23.5 Å². The minimum atomic E-state index is -2.25. The largest absolute Gasteiger partial charge is 0.444 e. The van der Waals surface area contributed by atoms with E-state index in [4.69, 9.17) is 9.16 Å². The molecule has 0 heterocycles. The maximum absolute atomic E-state index is 13.1. The first-order valence-corrected chi connectivity index (χ1v) is 16.1. The fourth-order valence-electron chi connectivity index (χ4n) is 3.57. The highest BCUT2D eigenvalue weighted by molar-refractivity contribution is 6.74. The minimum absolute atomic E-state index is 0.00355. The molecule has 35 heavy (non-hydrogen) atoms. The number of alkyl carbamates (subject to hydrolysis) is 1. The van der Waals surface area contributed by atoms with E-state index in [0.29, 0.717) is 25.7 Å². The van der Waals surface area contributed by atoms with Crippen LogP contribution < -0.4 is 10.6 Å². The van der Waals surface area contributed by atoms with Crippen molar-refractivity contribution in [3.05, 3.63) is 0 Å². The topological polar surface area (TPSA) is 93.7 Å². The minimum Gasteiger partial charge on any atom is -0.444 e. The van der Waals surface area contributed by atoms with Crippen LogP contribution in [0.1, 0.15) is 102 Å². The molecule has 0 spiro atoms. The number of carbonyl (C=O) groups is 3. The van der Waals surface area contributed by atoms with Gasteiger partial charge in [-0.1, -0.05) is 55.4 Å². The van der Waals surface area contributed by atoms with Crippen LogP contribution in [0.3, 0.4) is 0 Å². The highest BCUT2D eigenvalue weighted by Crippen LogP contribution is 2.39. The predicted molar refractivity (Wildman–Crippen MR) is 146 cm³/mol. The SMILES string of the molecule is CCCC(=O)NC(=O)[C@@H](C[C@H](O[Si](C)(C)C(C)(C)C)[C@H](CC(C)C)NC(=O)OC(C)(C)C)C(C)C. The fraction of sp³-hybridized carbons (Fsp3) is 0.889. The van der Waals surface area contributed by atoms with Crippen molar-refractivity contribution in [2.45, 2.75) is 138 Å². The third-order valence-corrected chi connectivity index (χ3v) is 11.0. The molecule has 0 unspecified atom stereocenters. The van der Waals surface area contributed by atoms with E-state index in [1.807, 2.05) is 41.5 Å². The summed E-state index contributed by atoms with van der Waals surface area (Å²) in [4.78, 5) is 38.1. The molecule has 0 fully saturated rings. The lowest BCUT2D eigenvalue weighted by Gasteiger charge is -2.43. The Hall–Kier alpha value is -1.41. The lowest BCUT2D eigenvalue weighted by Crippen LogP contribution is -2.54. The Bertz CT molecular complexity index is 693. The number of nitrogens with one attached hydrogen (secondary N) is 2. The van der Waals surface area contributed by atoms with E-state index in [1.165, 1.54) is 0 Å². The molecule has 206 valence electrons. The summed E-state index contributed by atoms with van der Waals surface area (Å²) in [7, 11) is -2.25. The van der Waals surface area contributed by atoms with Crippen LogP contribution in [0.15, 0.2) is 0 Å². The van der Waals surface area contributed by atoms with Crippen LogP contribution in [0.25, 0.3) is 0 Å². The van der Waals surface area contributed by atoms with Crippen molar-refractivity contribution in [1.29, 1.82) is 0 Å². The van der Waals surface area contributed by atoms with E-state index in [9.17, 15) is 14.4 Å². The molecule has 0 aliphatic rings. The number of carbonyl (C=O) groups excluding carboxylic acids is 3. The van der Waals surface area contributed by atoms with Gasteiger partial charge in [-0.2, -0.15) is 0 Å². The molecule has 8 heteroatoms. The molecule has 0 rings (SSSR count). The van der Waals surface area contributed by atoms with Crippen LogP contribution in [0.4, 0.5) is 4.79 Å². The molecule has 3 atom stereocenters. The molecule has 0 aliphatic carbocycles. The van der Waals surface area contributed by atoms with E-state index in [0.717, 1.165) is 0 Å². The Morgan fingerprint density at radius 3 is 1.86 bits per heavy atom. The van der Waals surface area contributed by atoms with E-state index >= 15 is 0 Å². The van der Waals surface area contributed by atoms with Gasteiger partial charge in [-0.3, -0.25) is 14.9 Å². The second kappa shape index (κ2) is 13.8. The van der Waals surface area contributed by atoms with E-state index in [2.05, 4.69) is 58.3 Å². The highest BCUT2D eigenvalue weighted by Gasteiger charge is 2.43. The Balaban J connectivity index is 6.21. The molecule has 0 saturated carbocycles. The standard InChI is InChI=1S/C27H54N2O5Si/c1-14-15-23(30)29-24(31)20(19(4)5)17-22(34-35(12,13)27(9,10)11)21(16-18(2)3)28-25(32)33-26(6,7)8/h18-22H,14-17H2,1-13H3,(H,28,32)(H,29,30,31)/t20-,21-,22-/m0/s1. The van der Waals surface area contributed by atoms with Crippen molar-refractivity contribution in [3.8, 4) is 0 Å². The molecular weight excluding hydrogens is 460 g/mol. The van der Waals surface area contributed by atoms with E-state index < -0.39 is 32.0 Å². The maximum atomic E-state index is 13.1. The number of hydrogen-bond acceptors (Lipinski definition) is 5. The van der Waals surface area contributed by atoms with E-state index in [1.54, 1.807) is 0 Å². The zero-order valence-electron chi connectivity index (χ0n) is 24.8. The first-order valence-electron chi connectivity index (χ1n) is 13.2. The van der Waals surface area contributed by atoms with Crippen LogP contribution in [-0.2, 0) is 18.8 Å². The van der Waals surface area contributed by atoms with Crippen molar-refractivity contribution in [2.75, 3.05) is 0 Å². The molecule has 0 aromatic rings. The summed E-state index contributed by atoms with van der Waals surface area (Å²) in [6, 6.07) is -0.334. The summed E-state index contributed by atoms with van der Waals surface area (Å²) in [6.45, 7) is 26.4. The molecule has 0 saturated heterocycles. The van der Waals surface area contributed by atoms with Crippen LogP contribution in [-0.4, -0.2) is 44.0 Å². The molecule has 0 radical (unpaired) electrons. The summed E-state index contributed by atoms with van der Waals surface area (Å²) in [5.41, 5.74) is -0.623. The van der Waals surface area contributed by atoms with Gasteiger partial charge < -0.3 is 14.5 Å². The first-order chi connectivity index (χ1) is 15.7. The Kier molecular flexibility index (Phi) is 13.2. The number of ether oxygens (including phenoxy) is 1. The highest BCUT2D eigenvalue weighted by atomic mass is 28.4. The second-order valence-electron chi connectivity index (χ2n) is 13.0. The number of amides is 3. The van der Waals surface area contributed by atoms with Crippen LogP contribution >= 0.6 is 0 Å². The van der Waals surface area contributed by atoms with Gasteiger partial charge in [-0.15, -0.1) is 0 Å². The summed E-state index contributed by atoms with van der Waals surface area (Å²) >= 11 is 0. The van der Waals surface area contributed by atoms with Crippen LogP contribution in [0, 0.1) is 17.8 Å². The van der Waals surface area contributed by atoms with Crippen LogP contribution in [0.5, 0.6) is 0 Å². The quantitative estimate of drug-likeness (QED) is 0.293. The summed E-state index contributed by atoms with van der Waals surface area (Å²) in [6.07, 6.45) is 1.19. The van der Waals surface area contributed by atoms with Crippen LogP contribution in [0.2, 0.25) is 18.1 Å². The van der Waals surface area contributed by atoms with Gasteiger partial charge in [-0.25, -0.2) is 4.79 Å². The molecular formula is C27H54N2O5Si. The smallest absolute Gasteiger partial charge is 0.407 e. The number of hydrogen-bond donors (Lipinski definition) is 2. The van der Waals surface area contributed by atoms with Gasteiger partial charge in [-0.05, 0) is 70.0 Å². The Labute approximate surface area is 216 Å². The van der Waals surface area contributed by atoms with Crippen molar-refractivity contribution in [3.63, 3.8) is 0 Å². The van der Waals surface area contributed by atoms with Gasteiger partial charge in [0.15, 0.2) is 8.32 Å². The van der Waals surface area contributed by atoms with Gasteiger partial charge in [0.1, 0.15) is 5.60 Å². The van der Waals surface area contributed by atoms with Crippen molar-refractivity contribution in [2.24, 2.45) is 17.8 Å². The number of rotatable bonds is 12. The van der Waals surface area contributed by atoms with E-state index in [-0.39, 0.29) is 34.7 Å². The third kappa shape index (κ3) is 12.9. The van der Waals surface area contributed by atoms with Gasteiger partial charge in [0.05, 0.1) is 12.1 Å². The third-order valence-electron chi connectivity index (χ3n) is 6.50. The number of imide groups is 1. The first kappa shape index (κ1) is 33.6. The zero-order chi connectivity index (χ0) is 27.8. The van der Waals surface area contributed by atoms with Crippen molar-refractivity contribution >= 4 is 26.2 Å². The molecule has 0 aromatic heterocycles. The Morgan fingerprint density at radius 2 is 1.46 bits per heavy atom. The normalized spacial score (nSPS) is 15.5.